The number of aliphatic hydroxyl groups excluding tert-OH is 4. The topological polar surface area (TPSA) is 99.4 Å². The summed E-state index contributed by atoms with van der Waals surface area (Å²) < 4.78 is 11.1. The van der Waals surface area contributed by atoms with Crippen LogP contribution in [0.1, 0.15) is 47.0 Å². The third-order valence-electron chi connectivity index (χ3n) is 5.27. The second kappa shape index (κ2) is 8.29. The number of aliphatic hydroxyl groups is 4. The lowest BCUT2D eigenvalue weighted by Crippen LogP contribution is -2.59. The van der Waals surface area contributed by atoms with Crippen LogP contribution in [-0.2, 0) is 9.47 Å². The van der Waals surface area contributed by atoms with Gasteiger partial charge in [0.1, 0.15) is 24.4 Å². The Labute approximate surface area is 149 Å². The van der Waals surface area contributed by atoms with Crippen molar-refractivity contribution in [2.24, 2.45) is 5.41 Å². The van der Waals surface area contributed by atoms with Crippen LogP contribution in [0.15, 0.2) is 23.3 Å². The molecule has 6 atom stereocenters. The molecule has 0 aromatic carbocycles. The van der Waals surface area contributed by atoms with E-state index < -0.39 is 37.3 Å². The normalized spacial score (nSPS) is 37.5. The molecule has 1 fully saturated rings. The van der Waals surface area contributed by atoms with E-state index in [2.05, 4.69) is 26.8 Å². The third-order valence-corrected chi connectivity index (χ3v) is 5.27. The fourth-order valence-electron chi connectivity index (χ4n) is 3.68. The van der Waals surface area contributed by atoms with Gasteiger partial charge in [-0.15, -0.1) is 0 Å². The van der Waals surface area contributed by atoms with Crippen molar-refractivity contribution < 1.29 is 29.9 Å². The van der Waals surface area contributed by atoms with Crippen molar-refractivity contribution in [2.45, 2.75) is 83.8 Å². The van der Waals surface area contributed by atoms with Gasteiger partial charge in [0.25, 0.3) is 0 Å². The molecule has 2 rings (SSSR count). The van der Waals surface area contributed by atoms with Gasteiger partial charge in [-0.3, -0.25) is 0 Å². The lowest BCUT2D eigenvalue weighted by molar-refractivity contribution is -0.306. The number of hydrogen-bond acceptors (Lipinski definition) is 6. The van der Waals surface area contributed by atoms with Crippen LogP contribution in [0.4, 0.5) is 0 Å². The standard InChI is InChI=1S/C19H32O6/c1-11-6-5-9-19(3,4)13(11)8-7-12(2)24-18-17(23)16(22)15(21)14(10-20)25-18/h7-8,12,14-18,20-23H,5-6,9-10H2,1-4H3/b8-7+/t12-,14-,15-,16-,17-,18-/m1/s1. The van der Waals surface area contributed by atoms with Gasteiger partial charge in [-0.2, -0.15) is 0 Å². The van der Waals surface area contributed by atoms with Crippen molar-refractivity contribution in [3.05, 3.63) is 23.3 Å². The minimum Gasteiger partial charge on any atom is -0.394 e. The monoisotopic (exact) mass is 356 g/mol. The molecule has 6 nitrogen and oxygen atoms in total. The molecule has 0 radical (unpaired) electrons. The van der Waals surface area contributed by atoms with Crippen molar-refractivity contribution in [3.8, 4) is 0 Å². The van der Waals surface area contributed by atoms with Gasteiger partial charge in [-0.05, 0) is 44.1 Å². The number of ether oxygens (including phenoxy) is 2. The largest absolute Gasteiger partial charge is 0.394 e. The molecule has 4 N–H and O–H groups in total. The molecule has 0 aromatic rings. The van der Waals surface area contributed by atoms with E-state index in [-0.39, 0.29) is 11.5 Å². The van der Waals surface area contributed by atoms with Crippen molar-refractivity contribution in [3.63, 3.8) is 0 Å². The van der Waals surface area contributed by atoms with Gasteiger partial charge < -0.3 is 29.9 Å². The number of allylic oxidation sites excluding steroid dienone is 3. The molecule has 1 heterocycles. The molecule has 0 aromatic heterocycles. The van der Waals surface area contributed by atoms with Crippen molar-refractivity contribution in [1.82, 2.24) is 0 Å². The molecular weight excluding hydrogens is 324 g/mol. The van der Waals surface area contributed by atoms with E-state index in [1.54, 1.807) is 0 Å². The Bertz CT molecular complexity index is 510. The fraction of sp³-hybridized carbons (Fsp3) is 0.789. The number of rotatable bonds is 5. The summed E-state index contributed by atoms with van der Waals surface area (Å²) in [5, 5.41) is 38.9. The second-order valence-corrected chi connectivity index (χ2v) is 7.83. The summed E-state index contributed by atoms with van der Waals surface area (Å²) in [7, 11) is 0. The molecule has 1 aliphatic heterocycles. The molecule has 25 heavy (non-hydrogen) atoms. The second-order valence-electron chi connectivity index (χ2n) is 7.83. The molecule has 144 valence electrons. The van der Waals surface area contributed by atoms with Crippen LogP contribution in [0.2, 0.25) is 0 Å². The molecule has 0 amide bonds. The molecule has 0 unspecified atom stereocenters. The van der Waals surface area contributed by atoms with E-state index >= 15 is 0 Å². The Morgan fingerprint density at radius 2 is 1.92 bits per heavy atom. The molecule has 1 aliphatic carbocycles. The van der Waals surface area contributed by atoms with E-state index in [9.17, 15) is 20.4 Å². The Balaban J connectivity index is 2.03. The SMILES string of the molecule is CC1=C(/C=C/[C@@H](C)O[C@@H]2O[C@H](CO)[C@@H](O)[C@@H](O)[C@H]2O)C(C)(C)CCC1. The highest BCUT2D eigenvalue weighted by Crippen LogP contribution is 2.40. The van der Waals surface area contributed by atoms with Crippen LogP contribution in [0.3, 0.4) is 0 Å². The minimum atomic E-state index is -1.42. The van der Waals surface area contributed by atoms with Crippen molar-refractivity contribution in [2.75, 3.05) is 6.61 Å². The Hall–Kier alpha value is -0.760. The lowest BCUT2D eigenvalue weighted by Gasteiger charge is -2.40. The summed E-state index contributed by atoms with van der Waals surface area (Å²) in [5.74, 6) is 0. The quantitative estimate of drug-likeness (QED) is 0.592. The molecule has 0 saturated carbocycles. The summed E-state index contributed by atoms with van der Waals surface area (Å²) >= 11 is 0. The van der Waals surface area contributed by atoms with Crippen LogP contribution in [0.5, 0.6) is 0 Å². The van der Waals surface area contributed by atoms with Crippen molar-refractivity contribution >= 4 is 0 Å². The van der Waals surface area contributed by atoms with Crippen LogP contribution in [0.25, 0.3) is 0 Å². The molecule has 0 bridgehead atoms. The maximum Gasteiger partial charge on any atom is 0.187 e. The van der Waals surface area contributed by atoms with Crippen molar-refractivity contribution in [1.29, 1.82) is 0 Å². The molecule has 0 spiro atoms. The zero-order valence-electron chi connectivity index (χ0n) is 15.6. The highest BCUT2D eigenvalue weighted by atomic mass is 16.7. The average Bonchev–Trinajstić information content (AvgIpc) is 2.54. The summed E-state index contributed by atoms with van der Waals surface area (Å²) in [5.41, 5.74) is 2.82. The zero-order valence-corrected chi connectivity index (χ0v) is 15.6. The van der Waals surface area contributed by atoms with Crippen LogP contribution in [-0.4, -0.2) is 63.8 Å². The molecular formula is C19H32O6. The Morgan fingerprint density at radius 3 is 2.52 bits per heavy atom. The van der Waals surface area contributed by atoms with Crippen LogP contribution < -0.4 is 0 Å². The Kier molecular flexibility index (Phi) is 6.81. The van der Waals surface area contributed by atoms with E-state index in [1.807, 2.05) is 13.0 Å². The van der Waals surface area contributed by atoms with E-state index in [0.717, 1.165) is 12.8 Å². The van der Waals surface area contributed by atoms with E-state index in [1.165, 1.54) is 17.6 Å². The molecule has 2 aliphatic rings. The third kappa shape index (κ3) is 4.70. The summed E-state index contributed by atoms with van der Waals surface area (Å²) in [6.07, 6.45) is 0.836. The first-order chi connectivity index (χ1) is 11.7. The smallest absolute Gasteiger partial charge is 0.187 e. The van der Waals surface area contributed by atoms with Gasteiger partial charge in [0.15, 0.2) is 6.29 Å². The minimum absolute atomic E-state index is 0.127. The number of hydrogen-bond donors (Lipinski definition) is 4. The van der Waals surface area contributed by atoms with Gasteiger partial charge in [0.2, 0.25) is 0 Å². The van der Waals surface area contributed by atoms with Crippen LogP contribution in [0, 0.1) is 5.41 Å². The van der Waals surface area contributed by atoms with Gasteiger partial charge >= 0.3 is 0 Å². The highest BCUT2D eigenvalue weighted by Gasteiger charge is 2.44. The maximum atomic E-state index is 10.0. The van der Waals surface area contributed by atoms with Gasteiger partial charge in [0.05, 0.1) is 12.7 Å². The summed E-state index contributed by atoms with van der Waals surface area (Å²) in [6.45, 7) is 7.99. The van der Waals surface area contributed by atoms with E-state index in [4.69, 9.17) is 9.47 Å². The van der Waals surface area contributed by atoms with Gasteiger partial charge in [-0.25, -0.2) is 0 Å². The first-order valence-corrected chi connectivity index (χ1v) is 9.02. The first kappa shape index (κ1) is 20.6. The van der Waals surface area contributed by atoms with Gasteiger partial charge in [-0.1, -0.05) is 31.6 Å². The molecule has 1 saturated heterocycles. The zero-order chi connectivity index (χ0) is 18.8. The Morgan fingerprint density at radius 1 is 1.24 bits per heavy atom. The van der Waals surface area contributed by atoms with Crippen LogP contribution >= 0.6 is 0 Å². The van der Waals surface area contributed by atoms with Gasteiger partial charge in [0, 0.05) is 0 Å². The predicted molar refractivity (Wildman–Crippen MR) is 93.8 cm³/mol. The highest BCUT2D eigenvalue weighted by molar-refractivity contribution is 5.32. The predicted octanol–water partition coefficient (Wildman–Crippen LogP) is 1.27. The summed E-state index contributed by atoms with van der Waals surface area (Å²) in [4.78, 5) is 0. The summed E-state index contributed by atoms with van der Waals surface area (Å²) in [6, 6.07) is 0. The van der Waals surface area contributed by atoms with E-state index in [0.29, 0.717) is 0 Å². The average molecular weight is 356 g/mol. The maximum absolute atomic E-state index is 10.0. The fourth-order valence-corrected chi connectivity index (χ4v) is 3.68. The molecule has 6 heteroatoms. The first-order valence-electron chi connectivity index (χ1n) is 9.02. The lowest BCUT2D eigenvalue weighted by atomic mass is 9.72.